The first-order chi connectivity index (χ1) is 13.0. The molecule has 0 unspecified atom stereocenters. The molecule has 0 atom stereocenters. The fourth-order valence-corrected chi connectivity index (χ4v) is 3.28. The first-order valence-corrected chi connectivity index (χ1v) is 10.4. The fourth-order valence-electron chi connectivity index (χ4n) is 2.67. The summed E-state index contributed by atoms with van der Waals surface area (Å²) in [6, 6.07) is 14.1. The molecule has 0 saturated carbocycles. The van der Waals surface area contributed by atoms with E-state index in [1.807, 2.05) is 36.4 Å². The second-order valence-electron chi connectivity index (χ2n) is 8.92. The van der Waals surface area contributed by atoms with Gasteiger partial charge in [-0.15, -0.1) is 5.10 Å². The van der Waals surface area contributed by atoms with Crippen molar-refractivity contribution in [3.63, 3.8) is 0 Å². The van der Waals surface area contributed by atoms with Crippen LogP contribution in [0.5, 0.6) is 5.75 Å². The Hall–Kier alpha value is -2.27. The number of benzene rings is 2. The molecule has 2 aromatic carbocycles. The zero-order valence-corrected chi connectivity index (χ0v) is 18.5. The van der Waals surface area contributed by atoms with Crippen molar-refractivity contribution in [1.82, 2.24) is 0 Å². The number of nitrogens with zero attached hydrogens (tertiary/aromatic N) is 2. The summed E-state index contributed by atoms with van der Waals surface area (Å²) in [6.45, 7) is 12.7. The molecule has 0 saturated heterocycles. The molecule has 3 N–H and O–H groups in total. The van der Waals surface area contributed by atoms with Crippen molar-refractivity contribution < 1.29 is 5.11 Å². The van der Waals surface area contributed by atoms with E-state index in [1.54, 1.807) is 6.21 Å². The van der Waals surface area contributed by atoms with Gasteiger partial charge in [-0.05, 0) is 28.0 Å². The van der Waals surface area contributed by atoms with Crippen molar-refractivity contribution in [1.29, 1.82) is 0 Å². The lowest BCUT2D eigenvalue weighted by Crippen LogP contribution is -2.17. The number of aromatic hydroxyl groups is 1. The van der Waals surface area contributed by atoms with Crippen LogP contribution in [0.2, 0.25) is 0 Å². The summed E-state index contributed by atoms with van der Waals surface area (Å²) >= 11 is 1.44. The summed E-state index contributed by atoms with van der Waals surface area (Å²) in [5, 5.41) is 19.3. The number of rotatable bonds is 4. The normalized spacial score (nSPS) is 13.3. The van der Waals surface area contributed by atoms with E-state index in [0.717, 1.165) is 16.9 Å². The Morgan fingerprint density at radius 1 is 1.04 bits per heavy atom. The van der Waals surface area contributed by atoms with E-state index >= 15 is 0 Å². The van der Waals surface area contributed by atoms with Gasteiger partial charge in [-0.3, -0.25) is 0 Å². The average Bonchev–Trinajstić information content (AvgIpc) is 2.60. The van der Waals surface area contributed by atoms with Crippen LogP contribution in [0.15, 0.2) is 52.7 Å². The summed E-state index contributed by atoms with van der Waals surface area (Å²) in [5.41, 5.74) is 9.62. The monoisotopic (exact) mass is 397 g/mol. The van der Waals surface area contributed by atoms with Crippen molar-refractivity contribution in [2.75, 3.05) is 0 Å². The van der Waals surface area contributed by atoms with Crippen LogP contribution < -0.4 is 5.73 Å². The summed E-state index contributed by atoms with van der Waals surface area (Å²) in [4.78, 5) is 0. The van der Waals surface area contributed by atoms with Crippen LogP contribution in [0.1, 0.15) is 63.8 Å². The highest BCUT2D eigenvalue weighted by Crippen LogP contribution is 2.37. The van der Waals surface area contributed by atoms with Crippen molar-refractivity contribution in [2.24, 2.45) is 15.9 Å². The zero-order chi connectivity index (χ0) is 20.9. The molecule has 2 rings (SSSR count). The third-order valence-electron chi connectivity index (χ3n) is 4.40. The summed E-state index contributed by atoms with van der Waals surface area (Å²) < 4.78 is 0. The summed E-state index contributed by atoms with van der Waals surface area (Å²) in [5.74, 6) is 0.986. The molecule has 0 amide bonds. The molecular formula is C23H31N3OS. The average molecular weight is 398 g/mol. The van der Waals surface area contributed by atoms with E-state index in [2.05, 4.69) is 57.8 Å². The van der Waals surface area contributed by atoms with E-state index in [9.17, 15) is 5.11 Å². The Labute approximate surface area is 173 Å². The quantitative estimate of drug-likeness (QED) is 0.402. The molecule has 150 valence electrons. The van der Waals surface area contributed by atoms with Crippen molar-refractivity contribution in [2.45, 2.75) is 58.1 Å². The smallest absolute Gasteiger partial charge is 0.180 e. The number of amidine groups is 1. The summed E-state index contributed by atoms with van der Waals surface area (Å²) in [7, 11) is 0. The largest absolute Gasteiger partial charge is 0.507 e. The predicted molar refractivity (Wildman–Crippen MR) is 122 cm³/mol. The molecule has 4 nitrogen and oxygen atoms in total. The molecule has 0 spiro atoms. The lowest BCUT2D eigenvalue weighted by molar-refractivity contribution is 0.444. The fraction of sp³-hybridized carbons (Fsp3) is 0.391. The number of hydrogen-bond donors (Lipinski definition) is 2. The Morgan fingerprint density at radius 3 is 2.25 bits per heavy atom. The minimum atomic E-state index is -0.179. The topological polar surface area (TPSA) is 71.0 Å². The lowest BCUT2D eigenvalue weighted by atomic mass is 9.79. The van der Waals surface area contributed by atoms with Crippen LogP contribution in [0.25, 0.3) is 0 Å². The van der Waals surface area contributed by atoms with Gasteiger partial charge in [0.05, 0.1) is 6.21 Å². The highest BCUT2D eigenvalue weighted by atomic mass is 32.2. The minimum Gasteiger partial charge on any atom is -0.507 e. The highest BCUT2D eigenvalue weighted by Gasteiger charge is 2.24. The Kier molecular flexibility index (Phi) is 6.94. The van der Waals surface area contributed by atoms with Gasteiger partial charge in [0.25, 0.3) is 0 Å². The van der Waals surface area contributed by atoms with Crippen LogP contribution in [-0.2, 0) is 16.6 Å². The number of hydrogen-bond acceptors (Lipinski definition) is 4. The third-order valence-corrected chi connectivity index (χ3v) is 5.25. The van der Waals surface area contributed by atoms with E-state index in [1.165, 1.54) is 17.3 Å². The number of phenols is 1. The van der Waals surface area contributed by atoms with Gasteiger partial charge < -0.3 is 10.8 Å². The van der Waals surface area contributed by atoms with Crippen LogP contribution in [0, 0.1) is 0 Å². The molecule has 0 bridgehead atoms. The molecule has 28 heavy (non-hydrogen) atoms. The minimum absolute atomic E-state index is 0.0376. The number of nitrogens with two attached hydrogens (primary N) is 1. The molecular weight excluding hydrogens is 366 g/mol. The molecule has 0 radical (unpaired) electrons. The van der Waals surface area contributed by atoms with E-state index in [-0.39, 0.29) is 16.6 Å². The molecule has 0 fully saturated rings. The van der Waals surface area contributed by atoms with E-state index in [0.29, 0.717) is 10.7 Å². The first kappa shape index (κ1) is 22.0. The molecule has 0 heterocycles. The van der Waals surface area contributed by atoms with Gasteiger partial charge in [-0.1, -0.05) is 89.7 Å². The molecule has 5 heteroatoms. The molecule has 0 aliphatic carbocycles. The van der Waals surface area contributed by atoms with Gasteiger partial charge in [0, 0.05) is 16.9 Å². The van der Waals surface area contributed by atoms with Crippen molar-refractivity contribution in [3.05, 3.63) is 64.7 Å². The van der Waals surface area contributed by atoms with Gasteiger partial charge in [-0.2, -0.15) is 5.10 Å². The lowest BCUT2D eigenvalue weighted by Gasteiger charge is -2.26. The van der Waals surface area contributed by atoms with E-state index < -0.39 is 0 Å². The van der Waals surface area contributed by atoms with Crippen LogP contribution in [0.4, 0.5) is 0 Å². The van der Waals surface area contributed by atoms with Gasteiger partial charge in [-0.25, -0.2) is 0 Å². The maximum absolute atomic E-state index is 10.8. The van der Waals surface area contributed by atoms with Crippen LogP contribution >= 0.6 is 11.8 Å². The Bertz CT molecular complexity index is 860. The SMILES string of the molecule is CC(C)(C)c1cc(C=NN=C(N)SCc2ccccc2)c(O)c(C(C)(C)C)c1. The van der Waals surface area contributed by atoms with Gasteiger partial charge in [0.2, 0.25) is 0 Å². The van der Waals surface area contributed by atoms with Crippen molar-refractivity contribution in [3.8, 4) is 5.75 Å². The number of thioether (sulfide) groups is 1. The maximum Gasteiger partial charge on any atom is 0.180 e. The molecule has 0 aliphatic rings. The first-order valence-electron chi connectivity index (χ1n) is 9.39. The summed E-state index contributed by atoms with van der Waals surface area (Å²) in [6.07, 6.45) is 1.58. The van der Waals surface area contributed by atoms with Crippen molar-refractivity contribution >= 4 is 23.1 Å². The molecule has 0 aliphatic heterocycles. The second kappa shape index (κ2) is 8.82. The van der Waals surface area contributed by atoms with Gasteiger partial charge in [0.1, 0.15) is 5.75 Å². The third kappa shape index (κ3) is 6.13. The predicted octanol–water partition coefficient (Wildman–Crippen LogP) is 5.57. The molecule has 0 aromatic heterocycles. The standard InChI is InChI=1S/C23H31N3OS/c1-22(2,3)18-12-17(20(27)19(13-18)23(4,5)6)14-25-26-21(24)28-15-16-10-8-7-9-11-16/h7-14,27H,15H2,1-6H3,(H2,24,26). The Morgan fingerprint density at radius 2 is 1.68 bits per heavy atom. The highest BCUT2D eigenvalue weighted by molar-refractivity contribution is 8.13. The number of phenolic OH excluding ortho intramolecular Hbond substituents is 1. The molecule has 2 aromatic rings. The zero-order valence-electron chi connectivity index (χ0n) is 17.7. The van der Waals surface area contributed by atoms with Crippen LogP contribution in [0.3, 0.4) is 0 Å². The second-order valence-corrected chi connectivity index (χ2v) is 9.91. The van der Waals surface area contributed by atoms with Gasteiger partial charge in [0.15, 0.2) is 5.17 Å². The maximum atomic E-state index is 10.8. The Balaban J connectivity index is 2.24. The van der Waals surface area contributed by atoms with Crippen LogP contribution in [-0.4, -0.2) is 16.5 Å². The van der Waals surface area contributed by atoms with Gasteiger partial charge >= 0.3 is 0 Å². The van der Waals surface area contributed by atoms with E-state index in [4.69, 9.17) is 5.73 Å².